The number of sulfone groups is 1. The molecular formula is C13H14BrNO3S. The van der Waals surface area contributed by atoms with Crippen LogP contribution in [-0.2, 0) is 9.84 Å². The molecule has 1 fully saturated rings. The van der Waals surface area contributed by atoms with Gasteiger partial charge in [-0.05, 0) is 30.5 Å². The van der Waals surface area contributed by atoms with Crippen LogP contribution in [0, 0.1) is 23.7 Å². The zero-order valence-corrected chi connectivity index (χ0v) is 12.8. The maximum atomic E-state index is 11.6. The van der Waals surface area contributed by atoms with Gasteiger partial charge in [0, 0.05) is 4.47 Å². The average Bonchev–Trinajstić information content (AvgIpc) is 2.69. The molecule has 1 aliphatic rings. The van der Waals surface area contributed by atoms with Crippen molar-refractivity contribution in [2.24, 2.45) is 5.41 Å². The van der Waals surface area contributed by atoms with Crippen LogP contribution < -0.4 is 0 Å². The monoisotopic (exact) mass is 343 g/mol. The Hall–Kier alpha value is -0.900. The van der Waals surface area contributed by atoms with Gasteiger partial charge in [-0.25, -0.2) is 8.42 Å². The van der Waals surface area contributed by atoms with Crippen LogP contribution in [-0.4, -0.2) is 25.0 Å². The molecule has 2 atom stereocenters. The van der Waals surface area contributed by atoms with E-state index in [0.29, 0.717) is 5.56 Å². The maximum absolute atomic E-state index is 11.6. The Balaban J connectivity index is 2.40. The molecule has 1 aromatic carbocycles. The van der Waals surface area contributed by atoms with Crippen LogP contribution >= 0.6 is 15.9 Å². The molecule has 2 rings (SSSR count). The second-order valence-corrected chi connectivity index (χ2v) is 8.06. The van der Waals surface area contributed by atoms with E-state index in [1.807, 2.05) is 13.0 Å². The molecule has 0 radical (unpaired) electrons. The third kappa shape index (κ3) is 2.69. The molecule has 1 aliphatic heterocycles. The largest absolute Gasteiger partial charge is 0.387 e. The number of halogens is 1. The van der Waals surface area contributed by atoms with Gasteiger partial charge in [0.2, 0.25) is 0 Å². The van der Waals surface area contributed by atoms with E-state index in [0.717, 1.165) is 10.0 Å². The van der Waals surface area contributed by atoms with Gasteiger partial charge in [-0.15, -0.1) is 0 Å². The molecule has 0 saturated carbocycles. The Morgan fingerprint density at radius 3 is 2.68 bits per heavy atom. The smallest absolute Gasteiger partial charge is 0.152 e. The molecule has 1 heterocycles. The zero-order valence-electron chi connectivity index (χ0n) is 10.4. The number of hydrogen-bond donors (Lipinski definition) is 1. The number of aliphatic hydroxyl groups excluding tert-OH is 1. The van der Waals surface area contributed by atoms with Crippen LogP contribution in [0.1, 0.15) is 23.7 Å². The summed E-state index contributed by atoms with van der Waals surface area (Å²) in [7, 11) is -3.23. The van der Waals surface area contributed by atoms with E-state index >= 15 is 0 Å². The van der Waals surface area contributed by atoms with Crippen molar-refractivity contribution in [2.75, 3.05) is 11.5 Å². The van der Waals surface area contributed by atoms with Crippen LogP contribution in [0.4, 0.5) is 0 Å². The predicted octanol–water partition coefficient (Wildman–Crippen LogP) is 2.12. The van der Waals surface area contributed by atoms with Crippen molar-refractivity contribution >= 4 is 25.8 Å². The number of hydrogen-bond acceptors (Lipinski definition) is 4. The summed E-state index contributed by atoms with van der Waals surface area (Å²) in [5, 5.41) is 19.7. The molecule has 1 N–H and O–H groups in total. The fourth-order valence-corrected chi connectivity index (χ4v) is 4.61. The lowest BCUT2D eigenvalue weighted by Gasteiger charge is -2.26. The first kappa shape index (κ1) is 14.5. The molecule has 6 heteroatoms. The van der Waals surface area contributed by atoms with Crippen molar-refractivity contribution in [1.82, 2.24) is 0 Å². The van der Waals surface area contributed by atoms with E-state index in [-0.39, 0.29) is 17.9 Å². The number of nitriles is 1. The molecule has 1 saturated heterocycles. The number of nitrogens with zero attached hydrogens (tertiary/aromatic N) is 1. The lowest BCUT2D eigenvalue weighted by atomic mass is 9.79. The summed E-state index contributed by atoms with van der Waals surface area (Å²) >= 11 is 3.37. The van der Waals surface area contributed by atoms with Crippen molar-refractivity contribution < 1.29 is 13.5 Å². The number of aliphatic hydroxyl groups is 1. The van der Waals surface area contributed by atoms with E-state index in [1.165, 1.54) is 0 Å². The molecule has 0 bridgehead atoms. The fraction of sp³-hybridized carbons (Fsp3) is 0.462. The van der Waals surface area contributed by atoms with Gasteiger partial charge in [0.25, 0.3) is 0 Å². The van der Waals surface area contributed by atoms with Gasteiger partial charge >= 0.3 is 0 Å². The van der Waals surface area contributed by atoms with Gasteiger partial charge in [-0.3, -0.25) is 0 Å². The summed E-state index contributed by atoms with van der Waals surface area (Å²) in [6.45, 7) is 1.88. The predicted molar refractivity (Wildman–Crippen MR) is 75.2 cm³/mol. The Labute approximate surface area is 121 Å². The first-order chi connectivity index (χ1) is 8.80. The Morgan fingerprint density at radius 1 is 1.53 bits per heavy atom. The first-order valence-electron chi connectivity index (χ1n) is 5.85. The number of benzene rings is 1. The first-order valence-corrected chi connectivity index (χ1v) is 8.47. The second kappa shape index (κ2) is 4.89. The van der Waals surface area contributed by atoms with Crippen LogP contribution in [0.25, 0.3) is 0 Å². The van der Waals surface area contributed by atoms with Crippen LogP contribution in [0.3, 0.4) is 0 Å². The van der Waals surface area contributed by atoms with Crippen molar-refractivity contribution in [3.63, 3.8) is 0 Å². The summed E-state index contributed by atoms with van der Waals surface area (Å²) in [6.07, 6.45) is -0.899. The van der Waals surface area contributed by atoms with E-state index in [4.69, 9.17) is 0 Å². The lowest BCUT2D eigenvalue weighted by Crippen LogP contribution is -2.28. The van der Waals surface area contributed by atoms with E-state index in [1.54, 1.807) is 18.2 Å². The molecule has 2 unspecified atom stereocenters. The highest BCUT2D eigenvalue weighted by molar-refractivity contribution is 9.10. The summed E-state index contributed by atoms with van der Waals surface area (Å²) < 4.78 is 24.1. The minimum atomic E-state index is -3.23. The minimum Gasteiger partial charge on any atom is -0.387 e. The normalized spacial score (nSPS) is 26.8. The van der Waals surface area contributed by atoms with E-state index in [9.17, 15) is 18.8 Å². The highest BCUT2D eigenvalue weighted by Crippen LogP contribution is 2.43. The molecule has 0 aliphatic carbocycles. The molecule has 0 aromatic heterocycles. The Morgan fingerprint density at radius 2 is 2.21 bits per heavy atom. The van der Waals surface area contributed by atoms with Gasteiger partial charge in [-0.2, -0.15) is 5.26 Å². The summed E-state index contributed by atoms with van der Waals surface area (Å²) in [4.78, 5) is 0. The molecule has 0 spiro atoms. The average molecular weight is 344 g/mol. The van der Waals surface area contributed by atoms with E-state index in [2.05, 4.69) is 15.9 Å². The summed E-state index contributed by atoms with van der Waals surface area (Å²) in [5.41, 5.74) is 0.295. The molecule has 0 amide bonds. The van der Waals surface area contributed by atoms with Gasteiger partial charge < -0.3 is 5.11 Å². The third-order valence-corrected chi connectivity index (χ3v) is 6.25. The van der Waals surface area contributed by atoms with Crippen LogP contribution in [0.15, 0.2) is 22.7 Å². The van der Waals surface area contributed by atoms with Crippen molar-refractivity contribution in [3.05, 3.63) is 33.8 Å². The molecule has 1 aromatic rings. The summed E-state index contributed by atoms with van der Waals surface area (Å²) in [5.74, 6) is -0.306. The third-order valence-electron chi connectivity index (χ3n) is 3.58. The van der Waals surface area contributed by atoms with Crippen molar-refractivity contribution in [2.45, 2.75) is 19.4 Å². The zero-order chi connectivity index (χ0) is 14.3. The van der Waals surface area contributed by atoms with Gasteiger partial charge in [0.1, 0.15) is 5.41 Å². The quantitative estimate of drug-likeness (QED) is 0.891. The molecule has 4 nitrogen and oxygen atoms in total. The van der Waals surface area contributed by atoms with Crippen LogP contribution in [0.5, 0.6) is 0 Å². The van der Waals surface area contributed by atoms with Gasteiger partial charge in [0.05, 0.1) is 23.7 Å². The number of aryl methyl sites for hydroxylation is 1. The maximum Gasteiger partial charge on any atom is 0.152 e. The topological polar surface area (TPSA) is 78.2 Å². The standard InChI is InChI=1S/C13H14BrNO3S/c1-9-6-10(2-3-11(9)14)12(16)13(7-15)4-5-19(17,18)8-13/h2-3,6,12,16H,4-5,8H2,1H3. The fourth-order valence-electron chi connectivity index (χ4n) is 2.40. The minimum absolute atomic E-state index is 0.0346. The SMILES string of the molecule is Cc1cc(C(O)C2(C#N)CCS(=O)(=O)C2)ccc1Br. The van der Waals surface area contributed by atoms with Gasteiger partial charge in [-0.1, -0.05) is 28.1 Å². The summed E-state index contributed by atoms with van der Waals surface area (Å²) in [6, 6.07) is 7.31. The van der Waals surface area contributed by atoms with E-state index < -0.39 is 21.4 Å². The molecule has 19 heavy (non-hydrogen) atoms. The molecule has 102 valence electrons. The highest BCUT2D eigenvalue weighted by atomic mass is 79.9. The second-order valence-electron chi connectivity index (χ2n) is 5.02. The molecular weight excluding hydrogens is 330 g/mol. The van der Waals surface area contributed by atoms with Crippen molar-refractivity contribution in [3.8, 4) is 6.07 Å². The highest BCUT2D eigenvalue weighted by Gasteiger charge is 2.48. The van der Waals surface area contributed by atoms with Crippen LogP contribution in [0.2, 0.25) is 0 Å². The van der Waals surface area contributed by atoms with Gasteiger partial charge in [0.15, 0.2) is 9.84 Å². The number of rotatable bonds is 2. The Kier molecular flexibility index (Phi) is 3.74. The Bertz CT molecular complexity index is 650. The van der Waals surface area contributed by atoms with Crippen molar-refractivity contribution in [1.29, 1.82) is 5.26 Å². The lowest BCUT2D eigenvalue weighted by molar-refractivity contribution is 0.0793.